The molecule has 0 atom stereocenters. The molecule has 2 nitrogen and oxygen atoms in total. The maximum atomic E-state index is 11.0. The third-order valence-electron chi connectivity index (χ3n) is 4.87. The molecule has 0 amide bonds. The normalized spacial score (nSPS) is 11.3. The molecule has 0 unspecified atom stereocenters. The van der Waals surface area contributed by atoms with Crippen LogP contribution in [0.4, 0.5) is 0 Å². The lowest BCUT2D eigenvalue weighted by Gasteiger charge is -2.02. The molecule has 0 aromatic carbocycles. The van der Waals surface area contributed by atoms with Crippen LogP contribution in [0.5, 0.6) is 0 Å². The lowest BCUT2D eigenvalue weighted by molar-refractivity contribution is -0.140. The molecular weight excluding hydrogens is 308 g/mol. The summed E-state index contributed by atoms with van der Waals surface area (Å²) < 4.78 is 4.64. The lowest BCUT2D eigenvalue weighted by atomic mass is 10.1. The van der Waals surface area contributed by atoms with Crippen LogP contribution in [0.1, 0.15) is 122 Å². The first-order chi connectivity index (χ1) is 12.3. The summed E-state index contributed by atoms with van der Waals surface area (Å²) in [6, 6.07) is 0. The van der Waals surface area contributed by atoms with E-state index in [9.17, 15) is 4.79 Å². The van der Waals surface area contributed by atoms with E-state index in [2.05, 4.69) is 23.8 Å². The Morgan fingerprint density at radius 1 is 0.640 bits per heavy atom. The number of carbonyl (C=O) groups is 1. The maximum Gasteiger partial charge on any atom is 0.305 e. The zero-order valence-corrected chi connectivity index (χ0v) is 17.2. The van der Waals surface area contributed by atoms with Crippen molar-refractivity contribution in [2.75, 3.05) is 7.11 Å². The van der Waals surface area contributed by atoms with Gasteiger partial charge in [-0.3, -0.25) is 4.79 Å². The Labute approximate surface area is 157 Å². The quantitative estimate of drug-likeness (QED) is 0.135. The highest BCUT2D eigenvalue weighted by Crippen LogP contribution is 2.12. The highest BCUT2D eigenvalue weighted by molar-refractivity contribution is 5.68. The monoisotopic (exact) mass is 352 g/mol. The van der Waals surface area contributed by atoms with Gasteiger partial charge >= 0.3 is 5.97 Å². The van der Waals surface area contributed by atoms with Crippen molar-refractivity contribution in [3.05, 3.63) is 12.2 Å². The van der Waals surface area contributed by atoms with E-state index >= 15 is 0 Å². The fourth-order valence-corrected chi connectivity index (χ4v) is 3.15. The molecule has 0 saturated heterocycles. The molecule has 0 rings (SSSR count). The van der Waals surface area contributed by atoms with E-state index in [-0.39, 0.29) is 5.97 Å². The Morgan fingerprint density at radius 2 is 1.04 bits per heavy atom. The van der Waals surface area contributed by atoms with Crippen molar-refractivity contribution in [3.8, 4) is 0 Å². The number of ether oxygens (including phenoxy) is 1. The first-order valence-electron chi connectivity index (χ1n) is 11.0. The summed E-state index contributed by atoms with van der Waals surface area (Å²) in [6.07, 6.45) is 27.9. The SMILES string of the molecule is CCCCCCCC/C=C/CCCCCCCCCCCC(=O)OC. The molecule has 2 heteroatoms. The van der Waals surface area contributed by atoms with E-state index in [4.69, 9.17) is 0 Å². The van der Waals surface area contributed by atoms with Gasteiger partial charge in [0.05, 0.1) is 7.11 Å². The Bertz CT molecular complexity index is 296. The van der Waals surface area contributed by atoms with Crippen LogP contribution in [0.3, 0.4) is 0 Å². The standard InChI is InChI=1S/C23H44O2/c1-3-4-5-6-7-8-9-10-11-12-13-14-15-16-17-18-19-20-21-22-23(24)25-2/h10-11H,3-9,12-22H2,1-2H3/b11-10+. The van der Waals surface area contributed by atoms with Crippen LogP contribution in [-0.4, -0.2) is 13.1 Å². The maximum absolute atomic E-state index is 11.0. The van der Waals surface area contributed by atoms with Crippen molar-refractivity contribution in [3.63, 3.8) is 0 Å². The predicted octanol–water partition coefficient (Wildman–Crippen LogP) is 7.76. The van der Waals surface area contributed by atoms with E-state index in [1.165, 1.54) is 110 Å². The summed E-state index contributed by atoms with van der Waals surface area (Å²) in [4.78, 5) is 11.0. The van der Waals surface area contributed by atoms with Gasteiger partial charge in [0.1, 0.15) is 0 Å². The van der Waals surface area contributed by atoms with Gasteiger partial charge < -0.3 is 4.74 Å². The van der Waals surface area contributed by atoms with Gasteiger partial charge in [0.15, 0.2) is 0 Å². The molecule has 148 valence electrons. The summed E-state index contributed by atoms with van der Waals surface area (Å²) in [5, 5.41) is 0. The minimum absolute atomic E-state index is 0.0685. The van der Waals surface area contributed by atoms with Crippen molar-refractivity contribution < 1.29 is 9.53 Å². The zero-order valence-electron chi connectivity index (χ0n) is 17.2. The number of carbonyl (C=O) groups excluding carboxylic acids is 1. The number of rotatable bonds is 19. The number of hydrogen-bond donors (Lipinski definition) is 0. The Hall–Kier alpha value is -0.790. The van der Waals surface area contributed by atoms with Crippen molar-refractivity contribution in [1.82, 2.24) is 0 Å². The third kappa shape index (κ3) is 21.2. The Morgan fingerprint density at radius 3 is 1.48 bits per heavy atom. The second-order valence-electron chi connectivity index (χ2n) is 7.32. The Balaban J connectivity index is 3.08. The molecule has 0 heterocycles. The second kappa shape index (κ2) is 21.3. The van der Waals surface area contributed by atoms with Crippen LogP contribution >= 0.6 is 0 Å². The number of unbranched alkanes of at least 4 members (excludes halogenated alkanes) is 15. The first-order valence-corrected chi connectivity index (χ1v) is 11.0. The van der Waals surface area contributed by atoms with Gasteiger partial charge in [-0.25, -0.2) is 0 Å². The van der Waals surface area contributed by atoms with Crippen molar-refractivity contribution in [2.45, 2.75) is 122 Å². The van der Waals surface area contributed by atoms with Gasteiger partial charge in [-0.1, -0.05) is 96.1 Å². The van der Waals surface area contributed by atoms with Crippen molar-refractivity contribution in [1.29, 1.82) is 0 Å². The number of hydrogen-bond acceptors (Lipinski definition) is 2. The molecule has 0 aliphatic heterocycles. The second-order valence-corrected chi connectivity index (χ2v) is 7.32. The van der Waals surface area contributed by atoms with Crippen molar-refractivity contribution >= 4 is 5.97 Å². The number of esters is 1. The summed E-state index contributed by atoms with van der Waals surface area (Å²) >= 11 is 0. The van der Waals surface area contributed by atoms with E-state index in [0.717, 1.165) is 6.42 Å². The zero-order chi connectivity index (χ0) is 18.4. The summed E-state index contributed by atoms with van der Waals surface area (Å²) in [6.45, 7) is 2.28. The van der Waals surface area contributed by atoms with E-state index < -0.39 is 0 Å². The van der Waals surface area contributed by atoms with Gasteiger partial charge in [0, 0.05) is 6.42 Å². The molecule has 0 fully saturated rings. The van der Waals surface area contributed by atoms with Gasteiger partial charge in [0.25, 0.3) is 0 Å². The molecule has 0 aromatic heterocycles. The predicted molar refractivity (Wildman–Crippen MR) is 110 cm³/mol. The van der Waals surface area contributed by atoms with Crippen LogP contribution in [-0.2, 0) is 9.53 Å². The van der Waals surface area contributed by atoms with Gasteiger partial charge in [-0.05, 0) is 32.1 Å². The molecule has 0 aliphatic rings. The highest BCUT2D eigenvalue weighted by Gasteiger charge is 1.99. The molecule has 25 heavy (non-hydrogen) atoms. The number of methoxy groups -OCH3 is 1. The van der Waals surface area contributed by atoms with Gasteiger partial charge in [-0.2, -0.15) is 0 Å². The summed E-state index contributed by atoms with van der Waals surface area (Å²) in [5.41, 5.74) is 0. The smallest absolute Gasteiger partial charge is 0.305 e. The van der Waals surface area contributed by atoms with E-state index in [0.29, 0.717) is 6.42 Å². The molecule has 0 radical (unpaired) electrons. The minimum atomic E-state index is -0.0685. The molecule has 0 bridgehead atoms. The van der Waals surface area contributed by atoms with Gasteiger partial charge in [0.2, 0.25) is 0 Å². The highest BCUT2D eigenvalue weighted by atomic mass is 16.5. The van der Waals surface area contributed by atoms with Gasteiger partial charge in [-0.15, -0.1) is 0 Å². The molecule has 0 spiro atoms. The first kappa shape index (κ1) is 24.2. The Kier molecular flexibility index (Phi) is 20.6. The van der Waals surface area contributed by atoms with Crippen LogP contribution in [0.2, 0.25) is 0 Å². The lowest BCUT2D eigenvalue weighted by Crippen LogP contribution is -1.99. The topological polar surface area (TPSA) is 26.3 Å². The van der Waals surface area contributed by atoms with Crippen LogP contribution in [0.15, 0.2) is 12.2 Å². The number of allylic oxidation sites excluding steroid dienone is 2. The summed E-state index contributed by atoms with van der Waals surface area (Å²) in [5.74, 6) is -0.0685. The molecule has 0 aliphatic carbocycles. The van der Waals surface area contributed by atoms with Crippen LogP contribution < -0.4 is 0 Å². The van der Waals surface area contributed by atoms with E-state index in [1.807, 2.05) is 0 Å². The van der Waals surface area contributed by atoms with Crippen molar-refractivity contribution in [2.24, 2.45) is 0 Å². The molecule has 0 aromatic rings. The molecule has 0 N–H and O–H groups in total. The summed E-state index contributed by atoms with van der Waals surface area (Å²) in [7, 11) is 1.47. The molecule has 0 saturated carbocycles. The average molecular weight is 353 g/mol. The van der Waals surface area contributed by atoms with Crippen LogP contribution in [0, 0.1) is 0 Å². The van der Waals surface area contributed by atoms with Crippen LogP contribution in [0.25, 0.3) is 0 Å². The fraction of sp³-hybridized carbons (Fsp3) is 0.870. The largest absolute Gasteiger partial charge is 0.469 e. The average Bonchev–Trinajstić information content (AvgIpc) is 2.63. The molecular formula is C23H44O2. The minimum Gasteiger partial charge on any atom is -0.469 e. The third-order valence-corrected chi connectivity index (χ3v) is 4.87. The van der Waals surface area contributed by atoms with E-state index in [1.54, 1.807) is 0 Å². The fourth-order valence-electron chi connectivity index (χ4n) is 3.15.